The van der Waals surface area contributed by atoms with Gasteiger partial charge in [0.2, 0.25) is 0 Å². The number of benzene rings is 3. The zero-order valence-corrected chi connectivity index (χ0v) is 18.6. The number of urea groups is 1. The minimum atomic E-state index is -1.05. The van der Waals surface area contributed by atoms with Crippen molar-refractivity contribution in [1.82, 2.24) is 10.2 Å². The number of carbonyl (C=O) groups is 2. The van der Waals surface area contributed by atoms with Crippen molar-refractivity contribution in [2.24, 2.45) is 0 Å². The summed E-state index contributed by atoms with van der Waals surface area (Å²) in [5.74, 6) is -2.39. The molecule has 174 valence electrons. The SMILES string of the molecule is O=C(c1ccc(F)c(F)c1)N1CCCC(NC(=O)N2CCc3cc(-c4ccccc4)ccc32)C1. The predicted molar refractivity (Wildman–Crippen MR) is 127 cm³/mol. The minimum Gasteiger partial charge on any atom is -0.337 e. The monoisotopic (exact) mass is 461 g/mol. The molecule has 1 unspecified atom stereocenters. The third-order valence-corrected chi connectivity index (χ3v) is 6.53. The van der Waals surface area contributed by atoms with E-state index in [1.807, 2.05) is 30.3 Å². The van der Waals surface area contributed by atoms with Crippen LogP contribution in [-0.2, 0) is 6.42 Å². The number of rotatable bonds is 3. The second-order valence-electron chi connectivity index (χ2n) is 8.78. The molecule has 1 fully saturated rings. The third kappa shape index (κ3) is 4.38. The standard InChI is InChI=1S/C27H25F2N3O2/c28-23-10-8-21(16-24(23)29)26(33)31-13-4-7-22(17-31)30-27(34)32-14-12-20-15-19(9-11-25(20)32)18-5-2-1-3-6-18/h1-3,5-6,8-11,15-16,22H,4,7,12-14,17H2,(H,30,34). The summed E-state index contributed by atoms with van der Waals surface area (Å²) in [5.41, 5.74) is 4.41. The summed E-state index contributed by atoms with van der Waals surface area (Å²) < 4.78 is 26.8. The summed E-state index contributed by atoms with van der Waals surface area (Å²) in [6.45, 7) is 1.44. The molecule has 3 aromatic rings. The first-order valence-corrected chi connectivity index (χ1v) is 11.5. The van der Waals surface area contributed by atoms with Crippen molar-refractivity contribution in [3.05, 3.63) is 89.5 Å². The highest BCUT2D eigenvalue weighted by atomic mass is 19.2. The number of anilines is 1. The number of amides is 3. The quantitative estimate of drug-likeness (QED) is 0.596. The van der Waals surface area contributed by atoms with E-state index < -0.39 is 11.6 Å². The molecule has 0 aromatic heterocycles. The molecule has 0 aliphatic carbocycles. The Bertz CT molecular complexity index is 1230. The minimum absolute atomic E-state index is 0.105. The highest BCUT2D eigenvalue weighted by Crippen LogP contribution is 2.32. The molecule has 1 N–H and O–H groups in total. The number of nitrogens with zero attached hydrogens (tertiary/aromatic N) is 2. The molecule has 2 heterocycles. The van der Waals surface area contributed by atoms with E-state index in [-0.39, 0.29) is 23.5 Å². The van der Waals surface area contributed by atoms with Crippen molar-refractivity contribution < 1.29 is 18.4 Å². The second-order valence-corrected chi connectivity index (χ2v) is 8.78. The Morgan fingerprint density at radius 3 is 2.50 bits per heavy atom. The number of fused-ring (bicyclic) bond motifs is 1. The lowest BCUT2D eigenvalue weighted by molar-refractivity contribution is 0.0697. The van der Waals surface area contributed by atoms with Crippen LogP contribution in [0.4, 0.5) is 19.3 Å². The van der Waals surface area contributed by atoms with Gasteiger partial charge in [-0.05, 0) is 66.3 Å². The van der Waals surface area contributed by atoms with Gasteiger partial charge in [0.05, 0.1) is 0 Å². The molecule has 0 saturated carbocycles. The van der Waals surface area contributed by atoms with Gasteiger partial charge in [0, 0.05) is 36.9 Å². The molecule has 3 amide bonds. The molecular formula is C27H25F2N3O2. The lowest BCUT2D eigenvalue weighted by Gasteiger charge is -2.34. The van der Waals surface area contributed by atoms with Gasteiger partial charge in [0.25, 0.3) is 5.91 Å². The molecule has 5 nitrogen and oxygen atoms in total. The van der Waals surface area contributed by atoms with Crippen molar-refractivity contribution in [3.8, 4) is 11.1 Å². The number of likely N-dealkylation sites (tertiary alicyclic amines) is 1. The topological polar surface area (TPSA) is 52.7 Å². The number of nitrogens with one attached hydrogen (secondary N) is 1. The molecule has 34 heavy (non-hydrogen) atoms. The normalized spacial score (nSPS) is 17.4. The van der Waals surface area contributed by atoms with E-state index in [1.54, 1.807) is 9.80 Å². The molecule has 0 bridgehead atoms. The number of halogens is 2. The number of piperidine rings is 1. The van der Waals surface area contributed by atoms with Crippen LogP contribution >= 0.6 is 0 Å². The van der Waals surface area contributed by atoms with Gasteiger partial charge in [-0.3, -0.25) is 9.69 Å². The van der Waals surface area contributed by atoms with Crippen molar-refractivity contribution >= 4 is 17.6 Å². The third-order valence-electron chi connectivity index (χ3n) is 6.53. The van der Waals surface area contributed by atoms with Gasteiger partial charge in [0.1, 0.15) is 0 Å². The first-order valence-electron chi connectivity index (χ1n) is 11.5. The molecule has 0 spiro atoms. The maximum atomic E-state index is 13.6. The average molecular weight is 462 g/mol. The second kappa shape index (κ2) is 9.25. The first-order chi connectivity index (χ1) is 16.5. The van der Waals surface area contributed by atoms with Crippen molar-refractivity contribution in [3.63, 3.8) is 0 Å². The summed E-state index contributed by atoms with van der Waals surface area (Å²) in [7, 11) is 0. The van der Waals surface area contributed by atoms with Crippen LogP contribution in [-0.4, -0.2) is 42.5 Å². The number of carbonyl (C=O) groups excluding carboxylic acids is 2. The Labute approximate surface area is 197 Å². The number of hydrogen-bond acceptors (Lipinski definition) is 2. The van der Waals surface area contributed by atoms with Gasteiger partial charge in [0.15, 0.2) is 11.6 Å². The van der Waals surface area contributed by atoms with Crippen LogP contribution in [0.25, 0.3) is 11.1 Å². The molecule has 2 aliphatic rings. The van der Waals surface area contributed by atoms with E-state index in [0.29, 0.717) is 19.6 Å². The van der Waals surface area contributed by atoms with Crippen LogP contribution < -0.4 is 10.2 Å². The van der Waals surface area contributed by atoms with E-state index in [9.17, 15) is 18.4 Å². The molecule has 1 atom stereocenters. The van der Waals surface area contributed by atoms with Crippen LogP contribution in [0.3, 0.4) is 0 Å². The molecule has 3 aromatic carbocycles. The van der Waals surface area contributed by atoms with Crippen LogP contribution in [0.15, 0.2) is 66.7 Å². The smallest absolute Gasteiger partial charge is 0.322 e. The van der Waals surface area contributed by atoms with Gasteiger partial charge >= 0.3 is 6.03 Å². The van der Waals surface area contributed by atoms with E-state index >= 15 is 0 Å². The predicted octanol–water partition coefficient (Wildman–Crippen LogP) is 5.01. The van der Waals surface area contributed by atoms with Crippen molar-refractivity contribution in [1.29, 1.82) is 0 Å². The molecule has 2 aliphatic heterocycles. The van der Waals surface area contributed by atoms with Crippen molar-refractivity contribution in [2.75, 3.05) is 24.5 Å². The Balaban J connectivity index is 1.24. The molecule has 1 saturated heterocycles. The summed E-state index contributed by atoms with van der Waals surface area (Å²) in [6.07, 6.45) is 2.26. The van der Waals surface area contributed by atoms with Gasteiger partial charge in [-0.15, -0.1) is 0 Å². The highest BCUT2D eigenvalue weighted by Gasteiger charge is 2.30. The summed E-state index contributed by atoms with van der Waals surface area (Å²) in [4.78, 5) is 29.2. The Hall–Kier alpha value is -3.74. The maximum Gasteiger partial charge on any atom is 0.322 e. The van der Waals surface area contributed by atoms with Crippen LogP contribution in [0.2, 0.25) is 0 Å². The van der Waals surface area contributed by atoms with E-state index in [2.05, 4.69) is 23.5 Å². The summed E-state index contributed by atoms with van der Waals surface area (Å²) in [5, 5.41) is 3.06. The maximum absolute atomic E-state index is 13.6. The van der Waals surface area contributed by atoms with E-state index in [1.165, 1.54) is 6.07 Å². The molecular weight excluding hydrogens is 436 g/mol. The van der Waals surface area contributed by atoms with E-state index in [4.69, 9.17) is 0 Å². The fourth-order valence-corrected chi connectivity index (χ4v) is 4.77. The zero-order valence-electron chi connectivity index (χ0n) is 18.6. The fraction of sp³-hybridized carbons (Fsp3) is 0.259. The lowest BCUT2D eigenvalue weighted by atomic mass is 10.0. The summed E-state index contributed by atoms with van der Waals surface area (Å²) in [6, 6.07) is 19.1. The molecule has 7 heteroatoms. The fourth-order valence-electron chi connectivity index (χ4n) is 4.77. The van der Waals surface area contributed by atoms with Crippen LogP contribution in [0.5, 0.6) is 0 Å². The highest BCUT2D eigenvalue weighted by molar-refractivity contribution is 5.96. The summed E-state index contributed by atoms with van der Waals surface area (Å²) >= 11 is 0. The molecule has 5 rings (SSSR count). The zero-order chi connectivity index (χ0) is 23.7. The van der Waals surface area contributed by atoms with Gasteiger partial charge < -0.3 is 10.2 Å². The largest absolute Gasteiger partial charge is 0.337 e. The van der Waals surface area contributed by atoms with Gasteiger partial charge in [-0.2, -0.15) is 0 Å². The Kier molecular flexibility index (Phi) is 6.01. The lowest BCUT2D eigenvalue weighted by Crippen LogP contribution is -2.52. The first kappa shape index (κ1) is 22.1. The van der Waals surface area contributed by atoms with Gasteiger partial charge in [-0.1, -0.05) is 36.4 Å². The van der Waals surface area contributed by atoms with Crippen LogP contribution in [0.1, 0.15) is 28.8 Å². The average Bonchev–Trinajstić information content (AvgIpc) is 3.29. The Morgan fingerprint density at radius 1 is 0.882 bits per heavy atom. The van der Waals surface area contributed by atoms with Crippen molar-refractivity contribution in [2.45, 2.75) is 25.3 Å². The van der Waals surface area contributed by atoms with E-state index in [0.717, 1.165) is 53.8 Å². The van der Waals surface area contributed by atoms with Gasteiger partial charge in [-0.25, -0.2) is 13.6 Å². The Morgan fingerprint density at radius 2 is 1.71 bits per heavy atom. The number of hydrogen-bond donors (Lipinski definition) is 1. The van der Waals surface area contributed by atoms with Crippen LogP contribution in [0, 0.1) is 11.6 Å². The molecule has 0 radical (unpaired) electrons.